The normalized spacial score (nSPS) is 11.0. The van der Waals surface area contributed by atoms with Crippen LogP contribution in [-0.2, 0) is 6.54 Å². The molecule has 0 radical (unpaired) electrons. The molecule has 0 saturated carbocycles. The summed E-state index contributed by atoms with van der Waals surface area (Å²) >= 11 is 0. The summed E-state index contributed by atoms with van der Waals surface area (Å²) in [5, 5.41) is 8.51. The fraction of sp³-hybridized carbons (Fsp3) is 0.250. The molecule has 0 bridgehead atoms. The molecule has 4 aromatic rings. The van der Waals surface area contributed by atoms with Gasteiger partial charge in [0.1, 0.15) is 6.54 Å². The number of nitrogens with zero attached hydrogens (tertiary/aromatic N) is 4. The van der Waals surface area contributed by atoms with E-state index in [1.54, 1.807) is 32.4 Å². The highest BCUT2D eigenvalue weighted by Gasteiger charge is 2.14. The Morgan fingerprint density at radius 1 is 0.938 bits per heavy atom. The Bertz CT molecular complexity index is 1280. The first kappa shape index (κ1) is 21.3. The maximum atomic E-state index is 12.4. The fourth-order valence-electron chi connectivity index (χ4n) is 3.29. The van der Waals surface area contributed by atoms with Gasteiger partial charge in [0, 0.05) is 17.2 Å². The third-order valence-corrected chi connectivity index (χ3v) is 5.13. The molecule has 2 heterocycles. The molecule has 164 valence electrons. The van der Waals surface area contributed by atoms with Crippen LogP contribution in [0.15, 0.2) is 63.9 Å². The standard InChI is InChI=1S/C24H24N4O4/c1-15(2)16-5-7-17(8-6-16)19-10-12-23(29)28(26-19)14-22-25-24(27-32-22)18-9-11-20(30-3)21(13-18)31-4/h5-13,15H,14H2,1-4H3. The molecule has 8 heteroatoms. The number of ether oxygens (including phenoxy) is 2. The highest BCUT2D eigenvalue weighted by molar-refractivity contribution is 5.61. The molecular weight excluding hydrogens is 408 g/mol. The third kappa shape index (κ3) is 4.39. The Morgan fingerprint density at radius 3 is 2.34 bits per heavy atom. The molecule has 0 aliphatic rings. The van der Waals surface area contributed by atoms with Crippen molar-refractivity contribution in [3.05, 3.63) is 76.4 Å². The summed E-state index contributed by atoms with van der Waals surface area (Å²) < 4.78 is 17.3. The van der Waals surface area contributed by atoms with Gasteiger partial charge in [0.15, 0.2) is 11.5 Å². The van der Waals surface area contributed by atoms with Crippen molar-refractivity contribution in [3.8, 4) is 34.1 Å². The molecule has 0 aliphatic carbocycles. The SMILES string of the molecule is COc1ccc(-c2noc(Cn3nc(-c4ccc(C(C)C)cc4)ccc3=O)n2)cc1OC. The van der Waals surface area contributed by atoms with Crippen LogP contribution in [0.2, 0.25) is 0 Å². The van der Waals surface area contributed by atoms with E-state index >= 15 is 0 Å². The first-order valence-electron chi connectivity index (χ1n) is 10.2. The lowest BCUT2D eigenvalue weighted by atomic mass is 10.0. The van der Waals surface area contributed by atoms with Gasteiger partial charge in [-0.3, -0.25) is 4.79 Å². The van der Waals surface area contributed by atoms with Gasteiger partial charge in [-0.15, -0.1) is 0 Å². The Hall–Kier alpha value is -3.94. The zero-order valence-corrected chi connectivity index (χ0v) is 18.4. The van der Waals surface area contributed by atoms with Crippen LogP contribution in [0.1, 0.15) is 31.2 Å². The topological polar surface area (TPSA) is 92.3 Å². The highest BCUT2D eigenvalue weighted by atomic mass is 16.5. The van der Waals surface area contributed by atoms with Gasteiger partial charge in [-0.1, -0.05) is 43.3 Å². The summed E-state index contributed by atoms with van der Waals surface area (Å²) in [6, 6.07) is 16.7. The summed E-state index contributed by atoms with van der Waals surface area (Å²) in [4.78, 5) is 16.8. The molecule has 0 unspecified atom stereocenters. The van der Waals surface area contributed by atoms with Crippen molar-refractivity contribution in [2.45, 2.75) is 26.3 Å². The summed E-state index contributed by atoms with van der Waals surface area (Å²) in [6.45, 7) is 4.36. The molecule has 0 spiro atoms. The Morgan fingerprint density at radius 2 is 1.66 bits per heavy atom. The lowest BCUT2D eigenvalue weighted by Crippen LogP contribution is -2.23. The molecule has 2 aromatic heterocycles. The molecule has 0 saturated heterocycles. The van der Waals surface area contributed by atoms with Crippen LogP contribution < -0.4 is 15.0 Å². The Balaban J connectivity index is 1.58. The van der Waals surface area contributed by atoms with Gasteiger partial charge in [-0.25, -0.2) is 4.68 Å². The second kappa shape index (κ2) is 9.05. The number of rotatable bonds is 7. The Kier molecular flexibility index (Phi) is 6.02. The smallest absolute Gasteiger partial charge is 0.267 e. The van der Waals surface area contributed by atoms with Crippen molar-refractivity contribution in [3.63, 3.8) is 0 Å². The van der Waals surface area contributed by atoms with Crippen molar-refractivity contribution in [2.75, 3.05) is 14.2 Å². The van der Waals surface area contributed by atoms with E-state index in [-0.39, 0.29) is 18.0 Å². The van der Waals surface area contributed by atoms with Crippen molar-refractivity contribution < 1.29 is 14.0 Å². The van der Waals surface area contributed by atoms with Crippen molar-refractivity contribution in [2.24, 2.45) is 0 Å². The van der Waals surface area contributed by atoms with Gasteiger partial charge in [0.05, 0.1) is 19.9 Å². The van der Waals surface area contributed by atoms with E-state index in [9.17, 15) is 4.79 Å². The van der Waals surface area contributed by atoms with E-state index in [0.29, 0.717) is 34.5 Å². The average molecular weight is 432 g/mol. The van der Waals surface area contributed by atoms with E-state index in [1.807, 2.05) is 18.2 Å². The third-order valence-electron chi connectivity index (χ3n) is 5.13. The van der Waals surface area contributed by atoms with Gasteiger partial charge < -0.3 is 14.0 Å². The fourth-order valence-corrected chi connectivity index (χ4v) is 3.29. The predicted octanol–water partition coefficient (Wildman–Crippen LogP) is 4.15. The summed E-state index contributed by atoms with van der Waals surface area (Å²) in [5.41, 5.74) is 3.32. The molecule has 4 rings (SSSR count). The number of benzene rings is 2. The molecule has 0 fully saturated rings. The lowest BCUT2D eigenvalue weighted by molar-refractivity contribution is 0.355. The number of aromatic nitrogens is 4. The summed E-state index contributed by atoms with van der Waals surface area (Å²) in [6.07, 6.45) is 0. The quantitative estimate of drug-likeness (QED) is 0.433. The number of hydrogen-bond donors (Lipinski definition) is 0. The lowest BCUT2D eigenvalue weighted by Gasteiger charge is -2.08. The van der Waals surface area contributed by atoms with Gasteiger partial charge in [-0.05, 0) is 35.7 Å². The van der Waals surface area contributed by atoms with E-state index in [0.717, 1.165) is 5.56 Å². The maximum absolute atomic E-state index is 12.4. The van der Waals surface area contributed by atoms with Crippen molar-refractivity contribution >= 4 is 0 Å². The van der Waals surface area contributed by atoms with Gasteiger partial charge in [0.25, 0.3) is 5.56 Å². The van der Waals surface area contributed by atoms with E-state index in [2.05, 4.69) is 41.2 Å². The second-order valence-electron chi connectivity index (χ2n) is 7.57. The second-order valence-corrected chi connectivity index (χ2v) is 7.57. The largest absolute Gasteiger partial charge is 0.493 e. The molecule has 0 atom stereocenters. The molecule has 0 N–H and O–H groups in total. The zero-order valence-electron chi connectivity index (χ0n) is 18.4. The zero-order chi connectivity index (χ0) is 22.7. The minimum absolute atomic E-state index is 0.0665. The Labute approximate surface area is 185 Å². The van der Waals surface area contributed by atoms with Crippen LogP contribution in [0, 0.1) is 0 Å². The van der Waals surface area contributed by atoms with E-state index in [4.69, 9.17) is 14.0 Å². The maximum Gasteiger partial charge on any atom is 0.267 e. The van der Waals surface area contributed by atoms with Gasteiger partial charge in [-0.2, -0.15) is 10.1 Å². The molecule has 2 aromatic carbocycles. The number of methoxy groups -OCH3 is 2. The van der Waals surface area contributed by atoms with Crippen molar-refractivity contribution in [1.29, 1.82) is 0 Å². The van der Waals surface area contributed by atoms with Crippen LogP contribution in [0.25, 0.3) is 22.6 Å². The molecular formula is C24H24N4O4. The first-order chi connectivity index (χ1) is 15.5. The molecule has 0 aliphatic heterocycles. The van der Waals surface area contributed by atoms with Crippen LogP contribution in [0.5, 0.6) is 11.5 Å². The molecule has 8 nitrogen and oxygen atoms in total. The van der Waals surface area contributed by atoms with Crippen LogP contribution in [-0.4, -0.2) is 34.1 Å². The number of hydrogen-bond acceptors (Lipinski definition) is 7. The first-order valence-corrected chi connectivity index (χ1v) is 10.2. The monoisotopic (exact) mass is 432 g/mol. The summed E-state index contributed by atoms with van der Waals surface area (Å²) in [7, 11) is 3.13. The van der Waals surface area contributed by atoms with Gasteiger partial charge in [0.2, 0.25) is 11.7 Å². The van der Waals surface area contributed by atoms with E-state index in [1.165, 1.54) is 16.3 Å². The molecule has 32 heavy (non-hydrogen) atoms. The van der Waals surface area contributed by atoms with Crippen molar-refractivity contribution in [1.82, 2.24) is 19.9 Å². The summed E-state index contributed by atoms with van der Waals surface area (Å²) in [5.74, 6) is 2.27. The van der Waals surface area contributed by atoms with Crippen LogP contribution >= 0.6 is 0 Å². The average Bonchev–Trinajstić information content (AvgIpc) is 3.28. The minimum atomic E-state index is -0.251. The van der Waals surface area contributed by atoms with E-state index < -0.39 is 0 Å². The van der Waals surface area contributed by atoms with Crippen LogP contribution in [0.3, 0.4) is 0 Å². The van der Waals surface area contributed by atoms with Gasteiger partial charge >= 0.3 is 0 Å². The van der Waals surface area contributed by atoms with Crippen LogP contribution in [0.4, 0.5) is 0 Å². The minimum Gasteiger partial charge on any atom is -0.493 e. The molecule has 0 amide bonds. The predicted molar refractivity (Wildman–Crippen MR) is 120 cm³/mol. The highest BCUT2D eigenvalue weighted by Crippen LogP contribution is 2.31.